The van der Waals surface area contributed by atoms with E-state index in [0.717, 1.165) is 11.3 Å². The molecular weight excluding hydrogens is 396 g/mol. The summed E-state index contributed by atoms with van der Waals surface area (Å²) in [7, 11) is 0. The van der Waals surface area contributed by atoms with Crippen molar-refractivity contribution in [1.82, 2.24) is 19.7 Å². The lowest BCUT2D eigenvalue weighted by Crippen LogP contribution is -2.23. The van der Waals surface area contributed by atoms with E-state index in [9.17, 15) is 4.79 Å². The summed E-state index contributed by atoms with van der Waals surface area (Å²) in [4.78, 5) is 21.1. The number of carbonyl (C=O) groups excluding carboxylic acids is 1. The number of rotatable bonds is 7. The van der Waals surface area contributed by atoms with Gasteiger partial charge >= 0.3 is 0 Å². The Morgan fingerprint density at radius 1 is 1.07 bits per heavy atom. The molecule has 1 N–H and O–H groups in total. The van der Waals surface area contributed by atoms with E-state index >= 15 is 0 Å². The van der Waals surface area contributed by atoms with Gasteiger partial charge in [-0.15, -0.1) is 0 Å². The van der Waals surface area contributed by atoms with Gasteiger partial charge in [-0.25, -0.2) is 0 Å². The molecular formula is C23H20N4O2S. The molecule has 0 bridgehead atoms. The second kappa shape index (κ2) is 9.28. The van der Waals surface area contributed by atoms with Crippen molar-refractivity contribution in [1.29, 1.82) is 0 Å². The third-order valence-corrected chi connectivity index (χ3v) is 5.02. The van der Waals surface area contributed by atoms with Gasteiger partial charge < -0.3 is 10.1 Å². The minimum atomic E-state index is -0.191. The summed E-state index contributed by atoms with van der Waals surface area (Å²) in [6.45, 7) is 2.42. The molecule has 0 aliphatic heterocycles. The van der Waals surface area contributed by atoms with Crippen LogP contribution in [0.1, 0.15) is 33.0 Å². The van der Waals surface area contributed by atoms with Gasteiger partial charge in [0.25, 0.3) is 11.1 Å². The molecule has 0 aliphatic rings. The summed E-state index contributed by atoms with van der Waals surface area (Å²) in [5, 5.41) is 3.31. The predicted octanol–water partition coefficient (Wildman–Crippen LogP) is 4.55. The number of carbonyl (C=O) groups is 1. The maximum absolute atomic E-state index is 12.4. The van der Waals surface area contributed by atoms with E-state index in [1.54, 1.807) is 30.5 Å². The van der Waals surface area contributed by atoms with Gasteiger partial charge in [0.2, 0.25) is 0 Å². The summed E-state index contributed by atoms with van der Waals surface area (Å²) in [5.41, 5.74) is 3.68. The Balaban J connectivity index is 1.37. The molecule has 6 nitrogen and oxygen atoms in total. The molecule has 0 saturated heterocycles. The number of nitrogens with zero attached hydrogens (tertiary/aromatic N) is 3. The van der Waals surface area contributed by atoms with Crippen LogP contribution in [-0.4, -0.2) is 20.2 Å². The lowest BCUT2D eigenvalue weighted by Gasteiger charge is -2.06. The Hall–Kier alpha value is -3.58. The Labute approximate surface area is 178 Å². The fourth-order valence-corrected chi connectivity index (χ4v) is 3.39. The summed E-state index contributed by atoms with van der Waals surface area (Å²) >= 11 is 1.20. The number of hydrogen-bond donors (Lipinski definition) is 1. The smallest absolute Gasteiger partial charge is 0.298 e. The highest BCUT2D eigenvalue weighted by atomic mass is 32.1. The predicted molar refractivity (Wildman–Crippen MR) is 116 cm³/mol. The van der Waals surface area contributed by atoms with Crippen LogP contribution >= 0.6 is 11.5 Å². The van der Waals surface area contributed by atoms with Crippen LogP contribution in [0.15, 0.2) is 72.9 Å². The molecule has 0 atom stereocenters. The van der Waals surface area contributed by atoms with E-state index < -0.39 is 0 Å². The van der Waals surface area contributed by atoms with Gasteiger partial charge in [-0.3, -0.25) is 9.78 Å². The Morgan fingerprint density at radius 3 is 2.73 bits per heavy atom. The average Bonchev–Trinajstić information content (AvgIpc) is 3.21. The van der Waals surface area contributed by atoms with Crippen molar-refractivity contribution in [3.05, 3.63) is 101 Å². The number of ether oxygens (including phenoxy) is 1. The van der Waals surface area contributed by atoms with Gasteiger partial charge in [-0.1, -0.05) is 42.0 Å². The topological polar surface area (TPSA) is 77.0 Å². The minimum Gasteiger partial charge on any atom is -0.430 e. The van der Waals surface area contributed by atoms with E-state index in [1.807, 2.05) is 18.2 Å². The van der Waals surface area contributed by atoms with Crippen LogP contribution < -0.4 is 10.1 Å². The first kappa shape index (κ1) is 19.7. The number of hydrogen-bond acceptors (Lipinski definition) is 6. The van der Waals surface area contributed by atoms with Crippen molar-refractivity contribution in [2.75, 3.05) is 0 Å². The van der Waals surface area contributed by atoms with Gasteiger partial charge in [0.1, 0.15) is 5.75 Å². The molecule has 2 aromatic carbocycles. The average molecular weight is 417 g/mol. The van der Waals surface area contributed by atoms with Crippen molar-refractivity contribution >= 4 is 17.4 Å². The van der Waals surface area contributed by atoms with Crippen LogP contribution in [0.5, 0.6) is 10.9 Å². The minimum absolute atomic E-state index is 0.191. The molecule has 0 saturated carbocycles. The number of benzene rings is 2. The summed E-state index contributed by atoms with van der Waals surface area (Å²) < 4.78 is 10.2. The number of amides is 1. The molecule has 0 spiro atoms. The zero-order valence-corrected chi connectivity index (χ0v) is 17.2. The largest absolute Gasteiger partial charge is 0.430 e. The third kappa shape index (κ3) is 5.27. The highest BCUT2D eigenvalue weighted by Crippen LogP contribution is 2.24. The van der Waals surface area contributed by atoms with Crippen LogP contribution in [-0.2, 0) is 13.0 Å². The quantitative estimate of drug-likeness (QED) is 0.478. The monoisotopic (exact) mass is 416 g/mol. The number of aryl methyl sites for hydroxylation is 1. The van der Waals surface area contributed by atoms with Crippen molar-refractivity contribution in [2.24, 2.45) is 0 Å². The maximum atomic E-state index is 12.4. The Bertz CT molecular complexity index is 1130. The number of pyridine rings is 1. The molecule has 30 heavy (non-hydrogen) atoms. The van der Waals surface area contributed by atoms with Crippen LogP contribution in [0.2, 0.25) is 0 Å². The molecule has 0 unspecified atom stereocenters. The van der Waals surface area contributed by atoms with Gasteiger partial charge in [0.15, 0.2) is 5.82 Å². The van der Waals surface area contributed by atoms with Gasteiger partial charge in [0.05, 0.1) is 12.2 Å². The number of nitrogens with one attached hydrogen (secondary N) is 1. The molecule has 0 fully saturated rings. The van der Waals surface area contributed by atoms with E-state index in [-0.39, 0.29) is 5.91 Å². The van der Waals surface area contributed by atoms with E-state index in [2.05, 4.69) is 50.8 Å². The SMILES string of the molecule is Cc1ccc(Cc2nsc(Oc3cccc(C(=O)NCc4ccccn4)c3)n2)cc1. The summed E-state index contributed by atoms with van der Waals surface area (Å²) in [5.74, 6) is 1.06. The molecule has 150 valence electrons. The standard InChI is InChI=1S/C23H20N4O2S/c1-16-8-10-17(11-9-16)13-21-26-23(30-27-21)29-20-7-4-5-18(14-20)22(28)25-15-19-6-2-3-12-24-19/h2-12,14H,13,15H2,1H3,(H,25,28). The van der Waals surface area contributed by atoms with Gasteiger partial charge in [-0.05, 0) is 42.8 Å². The van der Waals surface area contributed by atoms with Crippen LogP contribution in [0.25, 0.3) is 0 Å². The molecule has 2 heterocycles. The molecule has 1 amide bonds. The van der Waals surface area contributed by atoms with E-state index in [0.29, 0.717) is 35.3 Å². The second-order valence-electron chi connectivity index (χ2n) is 6.77. The van der Waals surface area contributed by atoms with Crippen molar-refractivity contribution in [2.45, 2.75) is 19.9 Å². The highest BCUT2D eigenvalue weighted by molar-refractivity contribution is 7.07. The molecule has 2 aromatic heterocycles. The first-order chi connectivity index (χ1) is 14.7. The Kier molecular flexibility index (Phi) is 6.10. The van der Waals surface area contributed by atoms with Crippen LogP contribution in [0, 0.1) is 6.92 Å². The molecule has 0 radical (unpaired) electrons. The molecule has 7 heteroatoms. The zero-order chi connectivity index (χ0) is 20.8. The maximum Gasteiger partial charge on any atom is 0.298 e. The number of aromatic nitrogens is 3. The molecule has 4 aromatic rings. The lowest BCUT2D eigenvalue weighted by atomic mass is 10.1. The van der Waals surface area contributed by atoms with Crippen molar-refractivity contribution < 1.29 is 9.53 Å². The second-order valence-corrected chi connectivity index (χ2v) is 7.49. The van der Waals surface area contributed by atoms with Gasteiger partial charge in [-0.2, -0.15) is 9.36 Å². The summed E-state index contributed by atoms with van der Waals surface area (Å²) in [6.07, 6.45) is 2.35. The van der Waals surface area contributed by atoms with Gasteiger partial charge in [0, 0.05) is 29.7 Å². The molecule has 0 aliphatic carbocycles. The zero-order valence-electron chi connectivity index (χ0n) is 16.4. The highest BCUT2D eigenvalue weighted by Gasteiger charge is 2.10. The normalized spacial score (nSPS) is 10.6. The van der Waals surface area contributed by atoms with E-state index in [1.165, 1.54) is 17.1 Å². The third-order valence-electron chi connectivity index (χ3n) is 4.39. The van der Waals surface area contributed by atoms with Crippen molar-refractivity contribution in [3.8, 4) is 10.9 Å². The lowest BCUT2D eigenvalue weighted by molar-refractivity contribution is 0.0950. The van der Waals surface area contributed by atoms with Crippen molar-refractivity contribution in [3.63, 3.8) is 0 Å². The van der Waals surface area contributed by atoms with E-state index in [4.69, 9.17) is 4.74 Å². The molecule has 4 rings (SSSR count). The first-order valence-electron chi connectivity index (χ1n) is 9.50. The van der Waals surface area contributed by atoms with Crippen LogP contribution in [0.4, 0.5) is 0 Å². The first-order valence-corrected chi connectivity index (χ1v) is 10.3. The fourth-order valence-electron chi connectivity index (χ4n) is 2.82. The Morgan fingerprint density at radius 2 is 1.93 bits per heavy atom. The summed E-state index contributed by atoms with van der Waals surface area (Å²) in [6, 6.07) is 20.9. The fraction of sp³-hybridized carbons (Fsp3) is 0.130. The van der Waals surface area contributed by atoms with Crippen LogP contribution in [0.3, 0.4) is 0 Å².